The molecule has 1 aromatic carbocycles. The fraction of sp³-hybridized carbons (Fsp3) is 0.429. The van der Waals surface area contributed by atoms with Crippen molar-refractivity contribution in [2.45, 2.75) is 26.8 Å². The number of aromatic nitrogens is 3. The lowest BCUT2D eigenvalue weighted by Gasteiger charge is -2.11. The van der Waals surface area contributed by atoms with Crippen LogP contribution in [0.15, 0.2) is 18.2 Å². The van der Waals surface area contributed by atoms with Gasteiger partial charge < -0.3 is 10.1 Å². The van der Waals surface area contributed by atoms with Gasteiger partial charge in [0.25, 0.3) is 0 Å². The van der Waals surface area contributed by atoms with E-state index in [1.54, 1.807) is 17.9 Å². The highest BCUT2D eigenvalue weighted by molar-refractivity contribution is 6.32. The molecule has 1 unspecified atom stereocenters. The number of rotatable bonds is 5. The van der Waals surface area contributed by atoms with Crippen molar-refractivity contribution in [2.24, 2.45) is 0 Å². The fourth-order valence-electron chi connectivity index (χ4n) is 2.15. The topological polar surface area (TPSA) is 52.0 Å². The monoisotopic (exact) mass is 294 g/mol. The first kappa shape index (κ1) is 14.8. The van der Waals surface area contributed by atoms with Crippen molar-refractivity contribution in [2.75, 3.05) is 13.7 Å². The van der Waals surface area contributed by atoms with Gasteiger partial charge in [-0.05, 0) is 32.5 Å². The van der Waals surface area contributed by atoms with Gasteiger partial charge in [0.15, 0.2) is 0 Å². The van der Waals surface area contributed by atoms with Crippen LogP contribution >= 0.6 is 11.6 Å². The number of methoxy groups -OCH3 is 1. The molecular formula is C14H19ClN4O. The summed E-state index contributed by atoms with van der Waals surface area (Å²) in [6.45, 7) is 7.00. The minimum atomic E-state index is 0.151. The summed E-state index contributed by atoms with van der Waals surface area (Å²) in [4.78, 5) is 0. The van der Waals surface area contributed by atoms with Gasteiger partial charge in [-0.25, -0.2) is 4.68 Å². The third kappa shape index (κ3) is 2.78. The molecule has 5 nitrogen and oxygen atoms in total. The summed E-state index contributed by atoms with van der Waals surface area (Å²) >= 11 is 6.25. The zero-order valence-corrected chi connectivity index (χ0v) is 12.9. The minimum Gasteiger partial charge on any atom is -0.497 e. The van der Waals surface area contributed by atoms with E-state index in [0.717, 1.165) is 29.4 Å². The van der Waals surface area contributed by atoms with Crippen LogP contribution in [0.3, 0.4) is 0 Å². The lowest BCUT2D eigenvalue weighted by atomic mass is 10.2. The Balaban J connectivity index is 2.44. The number of benzene rings is 1. The van der Waals surface area contributed by atoms with Gasteiger partial charge in [-0.15, -0.1) is 5.10 Å². The third-order valence-corrected chi connectivity index (χ3v) is 3.55. The summed E-state index contributed by atoms with van der Waals surface area (Å²) < 4.78 is 6.98. The van der Waals surface area contributed by atoms with E-state index in [1.807, 2.05) is 19.1 Å². The Bertz CT molecular complexity index is 597. The Morgan fingerprint density at radius 1 is 1.45 bits per heavy atom. The van der Waals surface area contributed by atoms with E-state index in [0.29, 0.717) is 5.02 Å². The minimum absolute atomic E-state index is 0.151. The molecule has 0 bridgehead atoms. The van der Waals surface area contributed by atoms with Gasteiger partial charge in [-0.2, -0.15) is 0 Å². The molecule has 108 valence electrons. The van der Waals surface area contributed by atoms with Gasteiger partial charge >= 0.3 is 0 Å². The van der Waals surface area contributed by atoms with E-state index in [-0.39, 0.29) is 6.04 Å². The Kier molecular flexibility index (Phi) is 4.62. The van der Waals surface area contributed by atoms with Gasteiger partial charge in [0.2, 0.25) is 0 Å². The van der Waals surface area contributed by atoms with Crippen LogP contribution in [0.5, 0.6) is 5.75 Å². The molecule has 0 aliphatic carbocycles. The lowest BCUT2D eigenvalue weighted by Crippen LogP contribution is -2.19. The van der Waals surface area contributed by atoms with Crippen molar-refractivity contribution < 1.29 is 4.74 Å². The van der Waals surface area contributed by atoms with Gasteiger partial charge in [-0.3, -0.25) is 0 Å². The van der Waals surface area contributed by atoms with Crippen LogP contribution in [0.25, 0.3) is 5.69 Å². The summed E-state index contributed by atoms with van der Waals surface area (Å²) in [5.74, 6) is 0.737. The smallest absolute Gasteiger partial charge is 0.121 e. The van der Waals surface area contributed by atoms with E-state index >= 15 is 0 Å². The molecule has 1 heterocycles. The highest BCUT2D eigenvalue weighted by atomic mass is 35.5. The number of hydrogen-bond acceptors (Lipinski definition) is 4. The molecule has 6 heteroatoms. The number of nitrogens with zero attached hydrogens (tertiary/aromatic N) is 3. The van der Waals surface area contributed by atoms with Gasteiger partial charge in [0, 0.05) is 6.07 Å². The van der Waals surface area contributed by atoms with Crippen LogP contribution in [0.1, 0.15) is 31.3 Å². The molecule has 2 rings (SSSR count). The van der Waals surface area contributed by atoms with E-state index < -0.39 is 0 Å². The molecule has 0 aliphatic heterocycles. The SMILES string of the molecule is CCNC(C)c1nnn(-c2cc(OC)ccc2Cl)c1C. The predicted molar refractivity (Wildman–Crippen MR) is 79.7 cm³/mol. The van der Waals surface area contributed by atoms with Crippen LogP contribution < -0.4 is 10.1 Å². The predicted octanol–water partition coefficient (Wildman–Crippen LogP) is 2.91. The second-order valence-corrected chi connectivity index (χ2v) is 4.98. The van der Waals surface area contributed by atoms with Crippen LogP contribution in [-0.2, 0) is 0 Å². The second kappa shape index (κ2) is 6.24. The Labute approximate surface area is 123 Å². The molecule has 0 saturated heterocycles. The standard InChI is InChI=1S/C14H19ClN4O/c1-5-16-9(2)14-10(3)19(18-17-14)13-8-11(20-4)6-7-12(13)15/h6-9,16H,5H2,1-4H3. The Hall–Kier alpha value is -1.59. The van der Waals surface area contributed by atoms with Crippen molar-refractivity contribution in [3.63, 3.8) is 0 Å². The van der Waals surface area contributed by atoms with Crippen molar-refractivity contribution >= 4 is 11.6 Å². The lowest BCUT2D eigenvalue weighted by molar-refractivity contribution is 0.414. The number of halogens is 1. The quantitative estimate of drug-likeness (QED) is 0.921. The van der Waals surface area contributed by atoms with E-state index in [2.05, 4.69) is 29.5 Å². The third-order valence-electron chi connectivity index (χ3n) is 3.23. The summed E-state index contributed by atoms with van der Waals surface area (Å²) in [6.07, 6.45) is 0. The summed E-state index contributed by atoms with van der Waals surface area (Å²) in [7, 11) is 1.62. The molecule has 0 amide bonds. The molecule has 0 saturated carbocycles. The molecule has 1 aromatic heterocycles. The number of hydrogen-bond donors (Lipinski definition) is 1. The maximum Gasteiger partial charge on any atom is 0.121 e. The van der Waals surface area contributed by atoms with E-state index in [9.17, 15) is 0 Å². The highest BCUT2D eigenvalue weighted by Gasteiger charge is 2.17. The van der Waals surface area contributed by atoms with Crippen molar-refractivity contribution in [3.05, 3.63) is 34.6 Å². The molecule has 1 atom stereocenters. The van der Waals surface area contributed by atoms with Crippen LogP contribution in [0.4, 0.5) is 0 Å². The number of ether oxygens (including phenoxy) is 1. The van der Waals surface area contributed by atoms with Crippen molar-refractivity contribution in [1.29, 1.82) is 0 Å². The molecule has 0 aliphatic rings. The molecular weight excluding hydrogens is 276 g/mol. The molecule has 2 aromatic rings. The summed E-state index contributed by atoms with van der Waals surface area (Å²) in [5.41, 5.74) is 2.66. The first-order valence-corrected chi connectivity index (χ1v) is 6.95. The first-order chi connectivity index (χ1) is 9.58. The molecule has 0 radical (unpaired) electrons. The average molecular weight is 295 g/mol. The summed E-state index contributed by atoms with van der Waals surface area (Å²) in [5, 5.41) is 12.4. The van der Waals surface area contributed by atoms with Crippen LogP contribution in [0, 0.1) is 6.92 Å². The second-order valence-electron chi connectivity index (χ2n) is 4.57. The molecule has 1 N–H and O–H groups in total. The molecule has 0 fully saturated rings. The van der Waals surface area contributed by atoms with E-state index in [1.165, 1.54) is 0 Å². The van der Waals surface area contributed by atoms with Gasteiger partial charge in [0.05, 0.1) is 29.6 Å². The van der Waals surface area contributed by atoms with Gasteiger partial charge in [-0.1, -0.05) is 23.7 Å². The Morgan fingerprint density at radius 2 is 2.20 bits per heavy atom. The van der Waals surface area contributed by atoms with Crippen LogP contribution in [-0.4, -0.2) is 28.6 Å². The largest absolute Gasteiger partial charge is 0.497 e. The zero-order chi connectivity index (χ0) is 14.7. The highest BCUT2D eigenvalue weighted by Crippen LogP contribution is 2.27. The fourth-order valence-corrected chi connectivity index (χ4v) is 2.35. The average Bonchev–Trinajstić information content (AvgIpc) is 2.81. The van der Waals surface area contributed by atoms with Crippen molar-refractivity contribution in [1.82, 2.24) is 20.3 Å². The Morgan fingerprint density at radius 3 is 2.85 bits per heavy atom. The van der Waals surface area contributed by atoms with E-state index in [4.69, 9.17) is 16.3 Å². The first-order valence-electron chi connectivity index (χ1n) is 6.58. The maximum atomic E-state index is 6.25. The maximum absolute atomic E-state index is 6.25. The summed E-state index contributed by atoms with van der Waals surface area (Å²) in [6, 6.07) is 5.62. The van der Waals surface area contributed by atoms with Crippen LogP contribution in [0.2, 0.25) is 5.02 Å². The molecule has 0 spiro atoms. The van der Waals surface area contributed by atoms with Gasteiger partial charge in [0.1, 0.15) is 11.4 Å². The normalized spacial score (nSPS) is 12.4. The number of nitrogens with one attached hydrogen (secondary N) is 1. The van der Waals surface area contributed by atoms with Crippen molar-refractivity contribution in [3.8, 4) is 11.4 Å². The zero-order valence-electron chi connectivity index (χ0n) is 12.1. The molecule has 20 heavy (non-hydrogen) atoms.